The van der Waals surface area contributed by atoms with E-state index in [0.717, 1.165) is 19.3 Å². The predicted octanol–water partition coefficient (Wildman–Crippen LogP) is -1.57. The Morgan fingerprint density at radius 2 is 2.38 bits per heavy atom. The normalized spacial score (nSPS) is 22.5. The standard InChI is InChI=1S/C8H11IN2O3S.Li/c9-6-5-8(15(12)13)11(10-6)7-3-1-2-4-14-7;/h5,7H,1-4H2,(H,12,13);/q;+1/p-1. The summed E-state index contributed by atoms with van der Waals surface area (Å²) in [7, 11) is 0. The summed E-state index contributed by atoms with van der Waals surface area (Å²) in [6, 6.07) is 1.54. The topological polar surface area (TPSA) is 67.2 Å². The fourth-order valence-electron chi connectivity index (χ4n) is 1.60. The molecule has 2 rings (SSSR count). The first-order valence-electron chi connectivity index (χ1n) is 4.64. The molecule has 2 heterocycles. The summed E-state index contributed by atoms with van der Waals surface area (Å²) >= 11 is -0.261. The summed E-state index contributed by atoms with van der Waals surface area (Å²) in [6.07, 6.45) is 2.67. The first-order chi connectivity index (χ1) is 7.18. The molecule has 0 amide bonds. The molecule has 1 aromatic heterocycles. The molecule has 0 N–H and O–H groups in total. The minimum atomic E-state index is -2.26. The van der Waals surface area contributed by atoms with E-state index in [1.807, 2.05) is 22.6 Å². The van der Waals surface area contributed by atoms with E-state index in [0.29, 0.717) is 10.3 Å². The van der Waals surface area contributed by atoms with Gasteiger partial charge in [-0.15, -0.1) is 0 Å². The van der Waals surface area contributed by atoms with Gasteiger partial charge in [0.1, 0.15) is 8.73 Å². The van der Waals surface area contributed by atoms with Gasteiger partial charge in [-0.2, -0.15) is 5.10 Å². The van der Waals surface area contributed by atoms with E-state index in [9.17, 15) is 8.76 Å². The molecule has 8 heteroatoms. The molecule has 5 nitrogen and oxygen atoms in total. The van der Waals surface area contributed by atoms with Crippen LogP contribution in [0, 0.1) is 3.70 Å². The maximum atomic E-state index is 11.0. The quantitative estimate of drug-likeness (QED) is 0.368. The number of hydrogen-bond donors (Lipinski definition) is 0. The largest absolute Gasteiger partial charge is 1.00 e. The Balaban J connectivity index is 0.00000128. The second kappa shape index (κ2) is 6.52. The van der Waals surface area contributed by atoms with Crippen molar-refractivity contribution in [1.29, 1.82) is 0 Å². The van der Waals surface area contributed by atoms with E-state index >= 15 is 0 Å². The number of aromatic nitrogens is 2. The molecule has 2 atom stereocenters. The molecular formula is C8H10ILiN2O3S. The molecule has 0 radical (unpaired) electrons. The zero-order valence-corrected chi connectivity index (χ0v) is 11.9. The van der Waals surface area contributed by atoms with Crippen molar-refractivity contribution in [3.05, 3.63) is 9.77 Å². The van der Waals surface area contributed by atoms with Crippen molar-refractivity contribution in [3.8, 4) is 0 Å². The van der Waals surface area contributed by atoms with Crippen molar-refractivity contribution in [2.45, 2.75) is 30.5 Å². The third kappa shape index (κ3) is 3.30. The van der Waals surface area contributed by atoms with E-state index in [2.05, 4.69) is 5.10 Å². The van der Waals surface area contributed by atoms with Crippen LogP contribution < -0.4 is 18.9 Å². The number of halogens is 1. The van der Waals surface area contributed by atoms with Crippen LogP contribution >= 0.6 is 22.6 Å². The van der Waals surface area contributed by atoms with Crippen LogP contribution in [0.15, 0.2) is 11.1 Å². The van der Waals surface area contributed by atoms with Gasteiger partial charge < -0.3 is 9.29 Å². The zero-order chi connectivity index (χ0) is 10.8. The van der Waals surface area contributed by atoms with Crippen molar-refractivity contribution >= 4 is 33.7 Å². The first kappa shape index (κ1) is 14.7. The molecule has 16 heavy (non-hydrogen) atoms. The minimum Gasteiger partial charge on any atom is -0.767 e. The molecule has 1 fully saturated rings. The Morgan fingerprint density at radius 1 is 1.62 bits per heavy atom. The Morgan fingerprint density at radius 3 is 2.94 bits per heavy atom. The van der Waals surface area contributed by atoms with Crippen molar-refractivity contribution in [1.82, 2.24) is 9.78 Å². The molecule has 1 saturated heterocycles. The summed E-state index contributed by atoms with van der Waals surface area (Å²) in [5.41, 5.74) is 0. The van der Waals surface area contributed by atoms with Crippen LogP contribution in [-0.2, 0) is 15.8 Å². The summed E-state index contributed by atoms with van der Waals surface area (Å²) < 4.78 is 29.5. The van der Waals surface area contributed by atoms with Gasteiger partial charge in [0.15, 0.2) is 6.23 Å². The SMILES string of the molecule is O=S([O-])c1cc(I)nn1C1CCCCO1.[Li+]. The van der Waals surface area contributed by atoms with Crippen molar-refractivity contribution in [2.75, 3.05) is 6.61 Å². The number of nitrogens with zero attached hydrogens (tertiary/aromatic N) is 2. The summed E-state index contributed by atoms with van der Waals surface area (Å²) in [5.74, 6) is 0. The fraction of sp³-hybridized carbons (Fsp3) is 0.625. The molecule has 1 aromatic rings. The van der Waals surface area contributed by atoms with Gasteiger partial charge in [-0.05, 0) is 52.9 Å². The Labute approximate surface area is 122 Å². The zero-order valence-electron chi connectivity index (χ0n) is 8.89. The fourth-order valence-corrected chi connectivity index (χ4v) is 2.85. The van der Waals surface area contributed by atoms with E-state index in [4.69, 9.17) is 4.74 Å². The second-order valence-electron chi connectivity index (χ2n) is 3.31. The summed E-state index contributed by atoms with van der Waals surface area (Å²) in [6.45, 7) is 0.673. The molecule has 1 aliphatic rings. The second-order valence-corrected chi connectivity index (χ2v) is 5.30. The van der Waals surface area contributed by atoms with Gasteiger partial charge in [0.05, 0.1) is 0 Å². The van der Waals surface area contributed by atoms with Gasteiger partial charge in [-0.25, -0.2) is 4.68 Å². The average molecular weight is 348 g/mol. The van der Waals surface area contributed by atoms with Crippen LogP contribution in [0.3, 0.4) is 0 Å². The first-order valence-corrected chi connectivity index (χ1v) is 6.80. The molecule has 0 spiro atoms. The Hall–Kier alpha value is 0.607. The number of hydrogen-bond acceptors (Lipinski definition) is 4. The van der Waals surface area contributed by atoms with Crippen LogP contribution in [0.5, 0.6) is 0 Å². The van der Waals surface area contributed by atoms with Crippen molar-refractivity contribution in [2.24, 2.45) is 0 Å². The van der Waals surface area contributed by atoms with E-state index in [-0.39, 0.29) is 30.1 Å². The van der Waals surface area contributed by atoms with Gasteiger partial charge in [-0.1, -0.05) is 0 Å². The van der Waals surface area contributed by atoms with E-state index in [1.165, 1.54) is 4.68 Å². The van der Waals surface area contributed by atoms with Gasteiger partial charge in [0, 0.05) is 12.7 Å². The molecule has 0 bridgehead atoms. The number of rotatable bonds is 2. The minimum absolute atomic E-state index is 0. The van der Waals surface area contributed by atoms with Crippen LogP contribution in [-0.4, -0.2) is 25.1 Å². The predicted molar refractivity (Wildman–Crippen MR) is 61.0 cm³/mol. The van der Waals surface area contributed by atoms with Gasteiger partial charge in [-0.3, -0.25) is 4.21 Å². The molecule has 2 unspecified atom stereocenters. The molecule has 0 aromatic carbocycles. The maximum absolute atomic E-state index is 11.0. The Bertz CT molecular complexity index is 381. The molecule has 1 aliphatic heterocycles. The third-order valence-electron chi connectivity index (χ3n) is 2.27. The summed E-state index contributed by atoms with van der Waals surface area (Å²) in [5, 5.41) is 4.34. The molecular weight excluding hydrogens is 338 g/mol. The van der Waals surface area contributed by atoms with E-state index < -0.39 is 11.1 Å². The van der Waals surface area contributed by atoms with Crippen LogP contribution in [0.25, 0.3) is 0 Å². The molecule has 0 saturated carbocycles. The van der Waals surface area contributed by atoms with Crippen molar-refractivity contribution < 1.29 is 32.4 Å². The summed E-state index contributed by atoms with van der Waals surface area (Å²) in [4.78, 5) is 0. The van der Waals surface area contributed by atoms with Crippen molar-refractivity contribution in [3.63, 3.8) is 0 Å². The van der Waals surface area contributed by atoms with Gasteiger partial charge >= 0.3 is 18.9 Å². The van der Waals surface area contributed by atoms with Crippen LogP contribution in [0.1, 0.15) is 25.5 Å². The molecule has 84 valence electrons. The van der Waals surface area contributed by atoms with Gasteiger partial charge in [0.25, 0.3) is 0 Å². The maximum Gasteiger partial charge on any atom is 1.00 e. The van der Waals surface area contributed by atoms with Crippen LogP contribution in [0.2, 0.25) is 0 Å². The van der Waals surface area contributed by atoms with Gasteiger partial charge in [0.2, 0.25) is 0 Å². The molecule has 0 aliphatic carbocycles. The smallest absolute Gasteiger partial charge is 0.767 e. The average Bonchev–Trinajstić information content (AvgIpc) is 2.62. The van der Waals surface area contributed by atoms with E-state index in [1.54, 1.807) is 6.07 Å². The number of ether oxygens (including phenoxy) is 1. The monoisotopic (exact) mass is 348 g/mol. The third-order valence-corrected chi connectivity index (χ3v) is 3.44. The Kier molecular flexibility index (Phi) is 5.97. The van der Waals surface area contributed by atoms with Crippen LogP contribution in [0.4, 0.5) is 0 Å².